The molecule has 9 aromatic rings. The number of fused-ring (bicyclic) bond motifs is 7. The van der Waals surface area contributed by atoms with Crippen LogP contribution >= 0.6 is 11.3 Å². The molecule has 2 aliphatic heterocycles. The predicted octanol–water partition coefficient (Wildman–Crippen LogP) is 17.7. The standard InChI is InChI=1S/C68H68BN3S/c1-43-20-19-21-44(2)61(43)45-38-58-62-59(39-45)72(51-31-33-54-55(41-51)68(11,12)37-36-67(54,9)10)63-53-40-47(66(6,7)8)28-35-60(53)73-64(63)69(62)56-34-32-52(70(48-22-15-13-16-23-48)49-24-17-14-18-25-49)42-57(56)71(58)50-29-26-46(27-30-50)65(3,4)5/h13-35,38-42H,36-37H2,1-12H3. The van der Waals surface area contributed by atoms with E-state index >= 15 is 0 Å². The molecular formula is C68H68BN3S. The van der Waals surface area contributed by atoms with Crippen LogP contribution in [0.1, 0.15) is 115 Å². The van der Waals surface area contributed by atoms with Crippen molar-refractivity contribution in [3.63, 3.8) is 0 Å². The van der Waals surface area contributed by atoms with E-state index in [1.807, 2.05) is 11.3 Å². The van der Waals surface area contributed by atoms with Gasteiger partial charge in [0.2, 0.25) is 0 Å². The Kier molecular flexibility index (Phi) is 10.9. The van der Waals surface area contributed by atoms with E-state index in [0.29, 0.717) is 0 Å². The van der Waals surface area contributed by atoms with Crippen molar-refractivity contribution in [3.05, 3.63) is 203 Å². The molecule has 0 spiro atoms. The molecule has 0 radical (unpaired) electrons. The Morgan fingerprint density at radius 2 is 1.08 bits per heavy atom. The van der Waals surface area contributed by atoms with Gasteiger partial charge in [-0.15, -0.1) is 11.3 Å². The Morgan fingerprint density at radius 1 is 0.507 bits per heavy atom. The van der Waals surface area contributed by atoms with Crippen LogP contribution in [0.2, 0.25) is 0 Å². The van der Waals surface area contributed by atoms with Crippen molar-refractivity contribution in [2.45, 2.75) is 118 Å². The SMILES string of the molecule is Cc1cccc(C)c1-c1cc2c3c(c1)N(c1ccc4c(c1)C(C)(C)CCC4(C)C)c1c(sc4ccc(C(C)(C)C)cc14)B3c1ccc(N(c3ccccc3)c3ccccc3)cc1N2c1ccc(C(C)(C)C)cc1. The normalized spacial score (nSPS) is 15.4. The molecule has 364 valence electrons. The zero-order valence-corrected chi connectivity index (χ0v) is 45.7. The van der Waals surface area contributed by atoms with E-state index in [1.54, 1.807) is 0 Å². The van der Waals surface area contributed by atoms with Gasteiger partial charge < -0.3 is 14.7 Å². The Morgan fingerprint density at radius 3 is 1.70 bits per heavy atom. The summed E-state index contributed by atoms with van der Waals surface area (Å²) in [5.41, 5.74) is 24.2. The molecule has 12 rings (SSSR count). The molecule has 0 atom stereocenters. The molecule has 0 unspecified atom stereocenters. The van der Waals surface area contributed by atoms with Crippen LogP contribution in [0.5, 0.6) is 0 Å². The molecule has 8 aromatic carbocycles. The first-order valence-corrected chi connectivity index (χ1v) is 27.3. The summed E-state index contributed by atoms with van der Waals surface area (Å²) >= 11 is 1.99. The number of nitrogens with zero attached hydrogens (tertiary/aromatic N) is 3. The fourth-order valence-corrected chi connectivity index (χ4v) is 13.8. The first kappa shape index (κ1) is 47.2. The lowest BCUT2D eigenvalue weighted by Crippen LogP contribution is -2.60. The average Bonchev–Trinajstić information content (AvgIpc) is 3.75. The summed E-state index contributed by atoms with van der Waals surface area (Å²) in [6.45, 7) is 28.3. The van der Waals surface area contributed by atoms with Gasteiger partial charge >= 0.3 is 0 Å². The van der Waals surface area contributed by atoms with Gasteiger partial charge in [-0.1, -0.05) is 154 Å². The molecule has 5 heteroatoms. The Hall–Kier alpha value is -6.82. The number of hydrogen-bond donors (Lipinski definition) is 0. The van der Waals surface area contributed by atoms with Crippen molar-refractivity contribution in [2.24, 2.45) is 0 Å². The van der Waals surface area contributed by atoms with Crippen LogP contribution in [0, 0.1) is 13.8 Å². The van der Waals surface area contributed by atoms with Crippen LogP contribution in [-0.2, 0) is 21.7 Å². The van der Waals surface area contributed by atoms with Crippen molar-refractivity contribution in [3.8, 4) is 11.1 Å². The predicted molar refractivity (Wildman–Crippen MR) is 318 cm³/mol. The Bertz CT molecular complexity index is 3570. The third-order valence-electron chi connectivity index (χ3n) is 16.7. The van der Waals surface area contributed by atoms with Crippen LogP contribution in [0.3, 0.4) is 0 Å². The van der Waals surface area contributed by atoms with Gasteiger partial charge in [0.1, 0.15) is 0 Å². The van der Waals surface area contributed by atoms with E-state index in [0.717, 1.165) is 29.2 Å². The molecule has 73 heavy (non-hydrogen) atoms. The van der Waals surface area contributed by atoms with E-state index in [9.17, 15) is 0 Å². The first-order chi connectivity index (χ1) is 34.8. The minimum absolute atomic E-state index is 0.00744. The lowest BCUT2D eigenvalue weighted by atomic mass is 9.36. The fraction of sp³-hybridized carbons (Fsp3) is 0.265. The van der Waals surface area contributed by atoms with Crippen molar-refractivity contribution in [1.29, 1.82) is 0 Å². The largest absolute Gasteiger partial charge is 0.311 e. The summed E-state index contributed by atoms with van der Waals surface area (Å²) in [6, 6.07) is 65.2. The van der Waals surface area contributed by atoms with Crippen molar-refractivity contribution in [2.75, 3.05) is 14.7 Å². The number of anilines is 9. The second kappa shape index (κ2) is 16.9. The first-order valence-electron chi connectivity index (χ1n) is 26.5. The van der Waals surface area contributed by atoms with Crippen LogP contribution in [0.4, 0.5) is 51.2 Å². The maximum absolute atomic E-state index is 2.71. The highest BCUT2D eigenvalue weighted by atomic mass is 32.1. The lowest BCUT2D eigenvalue weighted by Gasteiger charge is -2.45. The van der Waals surface area contributed by atoms with Gasteiger partial charge in [-0.25, -0.2) is 0 Å². The van der Waals surface area contributed by atoms with Crippen molar-refractivity contribution >= 4 is 95.0 Å². The number of benzene rings is 8. The summed E-state index contributed by atoms with van der Waals surface area (Å²) in [5, 5.41) is 1.33. The average molecular weight is 970 g/mol. The van der Waals surface area contributed by atoms with Gasteiger partial charge in [0.25, 0.3) is 6.71 Å². The second-order valence-electron chi connectivity index (χ2n) is 24.6. The molecule has 0 bridgehead atoms. The quantitative estimate of drug-likeness (QED) is 0.154. The summed E-state index contributed by atoms with van der Waals surface area (Å²) in [5.74, 6) is 0. The minimum Gasteiger partial charge on any atom is -0.311 e. The van der Waals surface area contributed by atoms with Crippen molar-refractivity contribution < 1.29 is 0 Å². The number of para-hydroxylation sites is 2. The van der Waals surface area contributed by atoms with E-state index in [1.165, 1.54) is 105 Å². The highest BCUT2D eigenvalue weighted by molar-refractivity contribution is 7.33. The minimum atomic E-state index is -0.0252. The van der Waals surface area contributed by atoms with Gasteiger partial charge in [0, 0.05) is 60.4 Å². The summed E-state index contributed by atoms with van der Waals surface area (Å²) in [7, 11) is 0. The maximum Gasteiger partial charge on any atom is 0.264 e. The molecule has 0 fully saturated rings. The highest BCUT2D eigenvalue weighted by Crippen LogP contribution is 2.53. The van der Waals surface area contributed by atoms with Gasteiger partial charge in [0.15, 0.2) is 0 Å². The third-order valence-corrected chi connectivity index (χ3v) is 17.9. The van der Waals surface area contributed by atoms with E-state index in [2.05, 4.69) is 268 Å². The molecule has 3 aliphatic rings. The van der Waals surface area contributed by atoms with E-state index in [-0.39, 0.29) is 28.4 Å². The summed E-state index contributed by atoms with van der Waals surface area (Å²) in [4.78, 5) is 7.73. The lowest BCUT2D eigenvalue weighted by molar-refractivity contribution is 0.332. The van der Waals surface area contributed by atoms with E-state index in [4.69, 9.17) is 0 Å². The number of hydrogen-bond acceptors (Lipinski definition) is 4. The highest BCUT2D eigenvalue weighted by Gasteiger charge is 2.47. The second-order valence-corrected chi connectivity index (χ2v) is 25.7. The number of thiophene rings is 1. The van der Waals surface area contributed by atoms with Gasteiger partial charge in [-0.2, -0.15) is 0 Å². The summed E-state index contributed by atoms with van der Waals surface area (Å²) in [6.07, 6.45) is 2.34. The van der Waals surface area contributed by atoms with Crippen molar-refractivity contribution in [1.82, 2.24) is 0 Å². The molecule has 3 heterocycles. The molecule has 1 aromatic heterocycles. The summed E-state index contributed by atoms with van der Waals surface area (Å²) < 4.78 is 2.72. The van der Waals surface area contributed by atoms with Gasteiger partial charge in [-0.3, -0.25) is 0 Å². The Labute approximate surface area is 439 Å². The molecule has 0 saturated heterocycles. The molecule has 0 saturated carbocycles. The molecule has 1 aliphatic carbocycles. The van der Waals surface area contributed by atoms with Gasteiger partial charge in [-0.05, 0) is 189 Å². The smallest absolute Gasteiger partial charge is 0.264 e. The topological polar surface area (TPSA) is 9.72 Å². The molecule has 0 N–H and O–H groups in total. The monoisotopic (exact) mass is 970 g/mol. The van der Waals surface area contributed by atoms with E-state index < -0.39 is 0 Å². The molecule has 3 nitrogen and oxygen atoms in total. The Balaban J connectivity index is 1.22. The maximum atomic E-state index is 2.71. The van der Waals surface area contributed by atoms with Crippen LogP contribution in [-0.4, -0.2) is 6.71 Å². The zero-order valence-electron chi connectivity index (χ0n) is 44.9. The fourth-order valence-electron chi connectivity index (χ4n) is 12.5. The van der Waals surface area contributed by atoms with Crippen LogP contribution < -0.4 is 30.4 Å². The van der Waals surface area contributed by atoms with Gasteiger partial charge in [0.05, 0.1) is 5.69 Å². The number of rotatable bonds is 6. The van der Waals surface area contributed by atoms with Crippen LogP contribution in [0.25, 0.3) is 21.2 Å². The zero-order chi connectivity index (χ0) is 50.9. The molecular weight excluding hydrogens is 902 g/mol. The third kappa shape index (κ3) is 7.76. The number of aryl methyl sites for hydroxylation is 2. The van der Waals surface area contributed by atoms with Crippen LogP contribution in [0.15, 0.2) is 170 Å². The molecule has 0 amide bonds.